The van der Waals surface area contributed by atoms with Crippen LogP contribution in [0, 0.1) is 0 Å². The summed E-state index contributed by atoms with van der Waals surface area (Å²) < 4.78 is 3.84. The summed E-state index contributed by atoms with van der Waals surface area (Å²) in [4.78, 5) is 24.3. The lowest BCUT2D eigenvalue weighted by Crippen LogP contribution is -2.62. The molecule has 0 aliphatic carbocycles. The molecule has 162 valence electrons. The van der Waals surface area contributed by atoms with Crippen LogP contribution in [0.4, 0.5) is 4.79 Å². The lowest BCUT2D eigenvalue weighted by Gasteiger charge is -2.32. The van der Waals surface area contributed by atoms with Crippen molar-refractivity contribution in [2.75, 3.05) is 6.61 Å². The van der Waals surface area contributed by atoms with Crippen molar-refractivity contribution >= 4 is 23.5 Å². The highest BCUT2D eigenvalue weighted by Crippen LogP contribution is 2.21. The number of amides is 2. The zero-order valence-corrected chi connectivity index (χ0v) is 17.8. The van der Waals surface area contributed by atoms with Gasteiger partial charge in [-0.1, -0.05) is 59.1 Å². The summed E-state index contributed by atoms with van der Waals surface area (Å²) in [5.41, 5.74) is 1.84. The van der Waals surface area contributed by atoms with E-state index >= 15 is 0 Å². The van der Waals surface area contributed by atoms with Gasteiger partial charge in [0.05, 0.1) is 12.6 Å². The van der Waals surface area contributed by atoms with Crippen molar-refractivity contribution < 1.29 is 19.8 Å². The van der Waals surface area contributed by atoms with Crippen LogP contribution in [0.25, 0.3) is 11.3 Å². The van der Waals surface area contributed by atoms with Gasteiger partial charge in [-0.25, -0.2) is 0 Å². The molecule has 3 N–H and O–H groups in total. The predicted molar refractivity (Wildman–Crippen MR) is 115 cm³/mol. The molecule has 3 aromatic rings. The van der Waals surface area contributed by atoms with E-state index in [1.165, 1.54) is 18.5 Å². The van der Waals surface area contributed by atoms with Gasteiger partial charge in [-0.2, -0.15) is 0 Å². The van der Waals surface area contributed by atoms with Gasteiger partial charge in [0.15, 0.2) is 0 Å². The van der Waals surface area contributed by atoms with Crippen molar-refractivity contribution in [2.45, 2.75) is 31.3 Å². The summed E-state index contributed by atoms with van der Waals surface area (Å²) in [5, 5.41) is 31.8. The normalized spacial score (nSPS) is 13.7. The first-order chi connectivity index (χ1) is 14.9. The second-order valence-electron chi connectivity index (χ2n) is 7.45. The first-order valence-electron chi connectivity index (χ1n) is 9.71. The maximum atomic E-state index is 13.0. The van der Waals surface area contributed by atoms with Crippen molar-refractivity contribution in [2.24, 2.45) is 0 Å². The molecule has 3 rings (SSSR count). The summed E-state index contributed by atoms with van der Waals surface area (Å²) >= 11 is 1.25. The van der Waals surface area contributed by atoms with E-state index in [9.17, 15) is 19.8 Å². The molecule has 0 radical (unpaired) electrons. The van der Waals surface area contributed by atoms with Crippen molar-refractivity contribution in [1.29, 1.82) is 0 Å². The lowest BCUT2D eigenvalue weighted by molar-refractivity contribution is -0.252. The Hall–Kier alpha value is -3.30. The first kappa shape index (κ1) is 22.4. The van der Waals surface area contributed by atoms with Crippen LogP contribution in [0.2, 0.25) is 0 Å². The summed E-state index contributed by atoms with van der Waals surface area (Å²) in [6.07, 6.45) is -1.03. The molecule has 2 atom stereocenters. The van der Waals surface area contributed by atoms with E-state index in [0.717, 1.165) is 22.4 Å². The molecule has 0 saturated heterocycles. The third-order valence-electron chi connectivity index (χ3n) is 4.93. The molecule has 2 aromatic carbocycles. The standard InChI is InChI=1S/C22H24N4O4S/c1-22(24-21(29)30,12-16-7-9-17(10-8-16)19-14-31-26-25-19)20(28)23-18(13-27)11-15-5-3-2-4-6-15/h2-10,14,18,24,27H,11-13H2,1H3,(H,23,28)(H,29,30)/p-1. The van der Waals surface area contributed by atoms with Crippen LogP contribution in [0.1, 0.15) is 18.1 Å². The number of carboxylic acid groups (broad SMARTS) is 1. The second kappa shape index (κ2) is 10.1. The summed E-state index contributed by atoms with van der Waals surface area (Å²) in [5.74, 6) is -0.542. The third kappa shape index (κ3) is 6.09. The highest BCUT2D eigenvalue weighted by atomic mass is 32.1. The molecule has 1 heterocycles. The Balaban J connectivity index is 1.73. The van der Waals surface area contributed by atoms with E-state index in [1.807, 2.05) is 60.0 Å². The van der Waals surface area contributed by atoms with E-state index in [-0.39, 0.29) is 13.0 Å². The number of hydrogen-bond acceptors (Lipinski definition) is 7. The van der Waals surface area contributed by atoms with Gasteiger partial charge in [0.2, 0.25) is 5.91 Å². The fourth-order valence-corrected chi connectivity index (χ4v) is 3.77. The number of aliphatic hydroxyl groups is 1. The fraction of sp³-hybridized carbons (Fsp3) is 0.273. The Bertz CT molecular complexity index is 996. The molecule has 0 aliphatic rings. The van der Waals surface area contributed by atoms with Crippen LogP contribution in [0.3, 0.4) is 0 Å². The van der Waals surface area contributed by atoms with Crippen molar-refractivity contribution in [3.8, 4) is 11.3 Å². The average molecular weight is 440 g/mol. The number of aromatic nitrogens is 2. The zero-order chi connectivity index (χ0) is 22.3. The van der Waals surface area contributed by atoms with E-state index in [1.54, 1.807) is 0 Å². The lowest BCUT2D eigenvalue weighted by atomic mass is 9.90. The molecular formula is C22H23N4O4S-. The molecule has 31 heavy (non-hydrogen) atoms. The van der Waals surface area contributed by atoms with E-state index in [0.29, 0.717) is 6.42 Å². The molecule has 2 unspecified atom stereocenters. The molecule has 1 aromatic heterocycles. The SMILES string of the molecule is CC(Cc1ccc(-c2csnn2)cc1)(NC(=O)[O-])C(=O)NC(CO)Cc1ccccc1. The minimum absolute atomic E-state index is 0.103. The minimum Gasteiger partial charge on any atom is -0.530 e. The molecule has 0 spiro atoms. The monoisotopic (exact) mass is 439 g/mol. The number of rotatable bonds is 9. The average Bonchev–Trinajstić information content (AvgIpc) is 3.29. The van der Waals surface area contributed by atoms with E-state index < -0.39 is 23.6 Å². The van der Waals surface area contributed by atoms with Gasteiger partial charge in [0.1, 0.15) is 17.3 Å². The quantitative estimate of drug-likeness (QED) is 0.459. The largest absolute Gasteiger partial charge is 0.530 e. The molecule has 0 aliphatic heterocycles. The number of aliphatic hydroxyl groups excluding tert-OH is 1. The smallest absolute Gasteiger partial charge is 0.246 e. The number of nitrogens with zero attached hydrogens (tertiary/aromatic N) is 2. The zero-order valence-electron chi connectivity index (χ0n) is 16.9. The highest BCUT2D eigenvalue weighted by Gasteiger charge is 2.34. The van der Waals surface area contributed by atoms with Crippen LogP contribution in [0.5, 0.6) is 0 Å². The van der Waals surface area contributed by atoms with E-state index in [4.69, 9.17) is 0 Å². The molecular weight excluding hydrogens is 416 g/mol. The minimum atomic E-state index is -1.55. The van der Waals surface area contributed by atoms with Gasteiger partial charge < -0.3 is 25.6 Å². The Kier molecular flexibility index (Phi) is 7.32. The Morgan fingerprint density at radius 3 is 2.42 bits per heavy atom. The second-order valence-corrected chi connectivity index (χ2v) is 8.06. The maximum Gasteiger partial charge on any atom is 0.246 e. The number of carbonyl (C=O) groups is 2. The van der Waals surface area contributed by atoms with Gasteiger partial charge >= 0.3 is 0 Å². The number of hydrogen-bond donors (Lipinski definition) is 3. The molecule has 0 saturated carbocycles. The van der Waals surface area contributed by atoms with Crippen LogP contribution in [0.15, 0.2) is 60.0 Å². The van der Waals surface area contributed by atoms with Crippen LogP contribution < -0.4 is 15.7 Å². The van der Waals surface area contributed by atoms with Gasteiger partial charge in [-0.05, 0) is 36.0 Å². The molecule has 2 amide bonds. The molecule has 0 bridgehead atoms. The Morgan fingerprint density at radius 2 is 1.84 bits per heavy atom. The Morgan fingerprint density at radius 1 is 1.13 bits per heavy atom. The van der Waals surface area contributed by atoms with Gasteiger partial charge in [0, 0.05) is 17.4 Å². The van der Waals surface area contributed by atoms with E-state index in [2.05, 4.69) is 20.2 Å². The van der Waals surface area contributed by atoms with Gasteiger partial charge in [-0.15, -0.1) is 5.10 Å². The van der Waals surface area contributed by atoms with Crippen LogP contribution in [-0.4, -0.2) is 44.9 Å². The van der Waals surface area contributed by atoms with Crippen molar-refractivity contribution in [3.05, 3.63) is 71.1 Å². The number of benzene rings is 2. The summed E-state index contributed by atoms with van der Waals surface area (Å²) in [7, 11) is 0. The third-order valence-corrected chi connectivity index (χ3v) is 5.43. The van der Waals surface area contributed by atoms with Crippen molar-refractivity contribution in [3.63, 3.8) is 0 Å². The number of carbonyl (C=O) groups excluding carboxylic acids is 2. The molecule has 8 nitrogen and oxygen atoms in total. The summed E-state index contributed by atoms with van der Waals surface area (Å²) in [6, 6.07) is 16.2. The Labute approximate surface area is 184 Å². The number of nitrogens with one attached hydrogen (secondary N) is 2. The predicted octanol–water partition coefficient (Wildman–Crippen LogP) is 1.16. The van der Waals surface area contributed by atoms with Gasteiger partial charge in [0.25, 0.3) is 0 Å². The fourth-order valence-electron chi connectivity index (χ4n) is 3.30. The molecule has 0 fully saturated rings. The maximum absolute atomic E-state index is 13.0. The van der Waals surface area contributed by atoms with Crippen LogP contribution in [-0.2, 0) is 17.6 Å². The highest BCUT2D eigenvalue weighted by molar-refractivity contribution is 7.03. The van der Waals surface area contributed by atoms with Crippen molar-refractivity contribution in [1.82, 2.24) is 20.2 Å². The summed E-state index contributed by atoms with van der Waals surface area (Å²) in [6.45, 7) is 1.21. The topological polar surface area (TPSA) is 127 Å². The first-order valence-corrected chi connectivity index (χ1v) is 10.5. The van der Waals surface area contributed by atoms with Gasteiger partial charge in [-0.3, -0.25) is 4.79 Å². The molecule has 9 heteroatoms. The van der Waals surface area contributed by atoms with Crippen LogP contribution >= 0.6 is 11.5 Å².